The highest BCUT2D eigenvalue weighted by Crippen LogP contribution is 2.42. The molecule has 370 valence electrons. The summed E-state index contributed by atoms with van der Waals surface area (Å²) in [6.45, 7) is 24.4. The molecule has 0 saturated heterocycles. The monoisotopic (exact) mass is 968 g/mol. The van der Waals surface area contributed by atoms with Crippen molar-refractivity contribution in [3.8, 4) is 5.75 Å². The molecule has 9 rings (SSSR count). The van der Waals surface area contributed by atoms with Crippen LogP contribution in [0.25, 0.3) is 24.3 Å². The van der Waals surface area contributed by atoms with Crippen molar-refractivity contribution in [3.63, 3.8) is 0 Å². The number of anilines is 9. The lowest BCUT2D eigenvalue weighted by Gasteiger charge is -2.29. The fraction of sp³-hybridized carbons (Fsp3) is 0.171. The minimum Gasteiger partial charge on any atom is -0.494 e. The fourth-order valence-corrected chi connectivity index (χ4v) is 9.60. The van der Waals surface area contributed by atoms with Gasteiger partial charge in [-0.2, -0.15) is 0 Å². The highest BCUT2D eigenvalue weighted by molar-refractivity contribution is 5.84. The van der Waals surface area contributed by atoms with Gasteiger partial charge in [-0.15, -0.1) is 0 Å². The van der Waals surface area contributed by atoms with Crippen LogP contribution in [0.1, 0.15) is 84.8 Å². The third-order valence-electron chi connectivity index (χ3n) is 14.5. The van der Waals surface area contributed by atoms with Crippen molar-refractivity contribution in [2.75, 3.05) is 21.3 Å². The van der Waals surface area contributed by atoms with Crippen LogP contribution in [0.4, 0.5) is 51.2 Å². The maximum Gasteiger partial charge on any atom is 0.119 e. The van der Waals surface area contributed by atoms with Crippen LogP contribution in [0.15, 0.2) is 182 Å². The van der Waals surface area contributed by atoms with Gasteiger partial charge < -0.3 is 19.4 Å². The number of nitrogens with zero attached hydrogens (tertiary/aromatic N) is 3. The lowest BCUT2D eigenvalue weighted by Crippen LogP contribution is -2.13. The van der Waals surface area contributed by atoms with Crippen molar-refractivity contribution in [3.05, 3.63) is 260 Å². The SMILES string of the molecule is CCOc1cc(C)c(N(c2ccc(/C=C/c3ccc(N(c4ccc(C)c(C)c4)c4ccc(C)c(C)c4)cc3)cc2)c2ccc(/C=C/c3ccc(N(c4ccc(C)c(C)c4)c4ccc(C)c(C)c4)cc3)cc2)c(C)c1. The van der Waals surface area contributed by atoms with Gasteiger partial charge in [-0.1, -0.05) is 97.1 Å². The summed E-state index contributed by atoms with van der Waals surface area (Å²) in [4.78, 5) is 7.07. The Labute approximate surface area is 441 Å². The third-order valence-corrected chi connectivity index (χ3v) is 14.5. The summed E-state index contributed by atoms with van der Waals surface area (Å²) in [5.74, 6) is 0.889. The maximum atomic E-state index is 5.98. The van der Waals surface area contributed by atoms with Crippen LogP contribution in [0.5, 0.6) is 5.75 Å². The van der Waals surface area contributed by atoms with Crippen LogP contribution in [0, 0.1) is 69.2 Å². The Kier molecular flexibility index (Phi) is 15.2. The van der Waals surface area contributed by atoms with Gasteiger partial charge in [-0.25, -0.2) is 0 Å². The van der Waals surface area contributed by atoms with E-state index < -0.39 is 0 Å². The molecule has 9 aromatic carbocycles. The first-order valence-electron chi connectivity index (χ1n) is 25.9. The van der Waals surface area contributed by atoms with Crippen LogP contribution in [-0.4, -0.2) is 6.61 Å². The fourth-order valence-electron chi connectivity index (χ4n) is 9.60. The zero-order chi connectivity index (χ0) is 52.0. The Morgan fingerprint density at radius 1 is 0.270 bits per heavy atom. The zero-order valence-corrected chi connectivity index (χ0v) is 45.1. The van der Waals surface area contributed by atoms with Crippen molar-refractivity contribution < 1.29 is 4.74 Å². The number of hydrogen-bond acceptors (Lipinski definition) is 4. The van der Waals surface area contributed by atoms with Crippen LogP contribution in [0.2, 0.25) is 0 Å². The second kappa shape index (κ2) is 22.2. The topological polar surface area (TPSA) is 19.0 Å². The molecule has 0 N–H and O–H groups in total. The quantitative estimate of drug-likeness (QED) is 0.0953. The van der Waals surface area contributed by atoms with Gasteiger partial charge in [-0.3, -0.25) is 0 Å². The Morgan fingerprint density at radius 2 is 0.514 bits per heavy atom. The van der Waals surface area contributed by atoms with Crippen LogP contribution in [-0.2, 0) is 0 Å². The first-order valence-corrected chi connectivity index (χ1v) is 25.9. The normalized spacial score (nSPS) is 11.4. The van der Waals surface area contributed by atoms with E-state index in [0.29, 0.717) is 6.61 Å². The highest BCUT2D eigenvalue weighted by Gasteiger charge is 2.20. The van der Waals surface area contributed by atoms with Crippen molar-refractivity contribution in [2.24, 2.45) is 0 Å². The molecule has 9 aromatic rings. The average molecular weight is 968 g/mol. The lowest BCUT2D eigenvalue weighted by molar-refractivity contribution is 0.340. The van der Waals surface area contributed by atoms with Gasteiger partial charge >= 0.3 is 0 Å². The van der Waals surface area contributed by atoms with Gasteiger partial charge in [0.05, 0.1) is 12.3 Å². The van der Waals surface area contributed by atoms with E-state index in [2.05, 4.69) is 290 Å². The highest BCUT2D eigenvalue weighted by atomic mass is 16.5. The van der Waals surface area contributed by atoms with E-state index >= 15 is 0 Å². The number of rotatable bonds is 15. The molecule has 0 aliphatic heterocycles. The summed E-state index contributed by atoms with van der Waals surface area (Å²) in [6.07, 6.45) is 8.78. The standard InChI is InChI=1S/C70H69N3O/c1-12-74-69-45-55(10)70(56(11)46-69)73(63-37-25-59(26-38-63)19-17-57-21-33-61(34-22-57)71(65-29-13-47(2)51(6)41-65)66-30-14-48(3)52(7)42-66)64-39-27-60(28-40-64)20-18-58-23-35-62(36-24-58)72(67-31-15-49(4)53(8)43-67)68-32-16-50(5)54(9)44-68/h13-46H,12H2,1-11H3/b19-17+,20-18+. The number of benzene rings is 9. The van der Waals surface area contributed by atoms with Gasteiger partial charge in [0.1, 0.15) is 5.75 Å². The van der Waals surface area contributed by atoms with E-state index in [1.807, 2.05) is 6.92 Å². The lowest BCUT2D eigenvalue weighted by atomic mass is 10.0. The molecule has 74 heavy (non-hydrogen) atoms. The molecule has 0 unspecified atom stereocenters. The van der Waals surface area contributed by atoms with Gasteiger partial charge in [0.25, 0.3) is 0 Å². The molecule has 4 heteroatoms. The predicted molar refractivity (Wildman–Crippen MR) is 320 cm³/mol. The molecule has 0 bridgehead atoms. The Balaban J connectivity index is 0.956. The molecule has 0 amide bonds. The number of ether oxygens (including phenoxy) is 1. The van der Waals surface area contributed by atoms with E-state index in [1.54, 1.807) is 0 Å². The van der Waals surface area contributed by atoms with Crippen LogP contribution < -0.4 is 19.4 Å². The summed E-state index contributed by atoms with van der Waals surface area (Å²) in [5, 5.41) is 0. The summed E-state index contributed by atoms with van der Waals surface area (Å²) >= 11 is 0. The largest absolute Gasteiger partial charge is 0.494 e. The summed E-state index contributed by atoms with van der Waals surface area (Å²) < 4.78 is 5.98. The van der Waals surface area contributed by atoms with E-state index in [1.165, 1.54) is 44.5 Å². The van der Waals surface area contributed by atoms with Crippen molar-refractivity contribution >= 4 is 75.5 Å². The number of hydrogen-bond donors (Lipinski definition) is 0. The molecule has 4 nitrogen and oxygen atoms in total. The van der Waals surface area contributed by atoms with Crippen LogP contribution in [0.3, 0.4) is 0 Å². The molecule has 0 radical (unpaired) electrons. The predicted octanol–water partition coefficient (Wildman–Crippen LogP) is 19.9. The average Bonchev–Trinajstić information content (AvgIpc) is 3.39. The summed E-state index contributed by atoms with van der Waals surface area (Å²) in [6, 6.07) is 66.6. The molecule has 0 aliphatic rings. The summed E-state index contributed by atoms with van der Waals surface area (Å²) in [5.41, 5.74) is 27.3. The Hall–Kier alpha value is -8.34. The van der Waals surface area contributed by atoms with Gasteiger partial charge in [0.15, 0.2) is 0 Å². The van der Waals surface area contributed by atoms with Crippen molar-refractivity contribution in [1.29, 1.82) is 0 Å². The zero-order valence-electron chi connectivity index (χ0n) is 45.1. The number of aryl methyl sites for hydroxylation is 10. The molecule has 0 heterocycles. The van der Waals surface area contributed by atoms with E-state index in [9.17, 15) is 0 Å². The molecule has 0 aliphatic carbocycles. The van der Waals surface area contributed by atoms with Gasteiger partial charge in [-0.05, 0) is 263 Å². The molecular weight excluding hydrogens is 899 g/mol. The molecule has 0 aromatic heterocycles. The molecular formula is C70H69N3O. The first-order chi connectivity index (χ1) is 35.7. The molecule has 0 saturated carbocycles. The summed E-state index contributed by atoms with van der Waals surface area (Å²) in [7, 11) is 0. The van der Waals surface area contributed by atoms with Crippen molar-refractivity contribution in [1.82, 2.24) is 0 Å². The molecule has 0 spiro atoms. The second-order valence-corrected chi connectivity index (χ2v) is 20.0. The Morgan fingerprint density at radius 3 is 0.757 bits per heavy atom. The molecule has 0 atom stereocenters. The maximum absolute atomic E-state index is 5.98. The first kappa shape index (κ1) is 50.6. The van der Waals surface area contributed by atoms with Crippen molar-refractivity contribution in [2.45, 2.75) is 76.2 Å². The van der Waals surface area contributed by atoms with Crippen LogP contribution >= 0.6 is 0 Å². The minimum atomic E-state index is 0.623. The van der Waals surface area contributed by atoms with Gasteiger partial charge in [0.2, 0.25) is 0 Å². The minimum absolute atomic E-state index is 0.623. The Bertz CT molecular complexity index is 3160. The second-order valence-electron chi connectivity index (χ2n) is 20.0. The smallest absolute Gasteiger partial charge is 0.119 e. The van der Waals surface area contributed by atoms with E-state index in [0.717, 1.165) is 90.3 Å². The van der Waals surface area contributed by atoms with E-state index in [-0.39, 0.29) is 0 Å². The van der Waals surface area contributed by atoms with Gasteiger partial charge in [0, 0.05) is 45.5 Å². The van der Waals surface area contributed by atoms with E-state index in [4.69, 9.17) is 4.74 Å². The molecule has 0 fully saturated rings. The third kappa shape index (κ3) is 11.3.